The fourth-order valence-electron chi connectivity index (χ4n) is 0.938. The van der Waals surface area contributed by atoms with Crippen molar-refractivity contribution in [1.29, 1.82) is 5.26 Å². The molecule has 0 unspecified atom stereocenters. The van der Waals surface area contributed by atoms with E-state index in [1.54, 1.807) is 0 Å². The number of nitrogens with zero attached hydrogens (tertiary/aromatic N) is 3. The second-order valence-corrected chi connectivity index (χ2v) is 2.86. The largest absolute Gasteiger partial charge is 0.477 e. The second-order valence-electron chi connectivity index (χ2n) is 2.86. The van der Waals surface area contributed by atoms with Crippen LogP contribution in [0.5, 0.6) is 5.88 Å². The molecule has 0 fully saturated rings. The Morgan fingerprint density at radius 3 is 2.88 bits per heavy atom. The van der Waals surface area contributed by atoms with Gasteiger partial charge in [-0.25, -0.2) is 4.79 Å². The van der Waals surface area contributed by atoms with Gasteiger partial charge in [0.15, 0.2) is 5.69 Å². The Kier molecular flexibility index (Phi) is 4.73. The lowest BCUT2D eigenvalue weighted by Crippen LogP contribution is -2.06. The maximum Gasteiger partial charge on any atom is 0.358 e. The monoisotopic (exact) mass is 221 g/mol. The van der Waals surface area contributed by atoms with E-state index in [0.717, 1.165) is 0 Å². The van der Waals surface area contributed by atoms with Crippen LogP contribution in [-0.4, -0.2) is 29.9 Å². The first-order chi connectivity index (χ1) is 7.77. The van der Waals surface area contributed by atoms with Crippen LogP contribution < -0.4 is 4.74 Å². The van der Waals surface area contributed by atoms with Gasteiger partial charge in [0.2, 0.25) is 5.88 Å². The Bertz CT molecular complexity index is 383. The van der Waals surface area contributed by atoms with E-state index in [4.69, 9.17) is 10.00 Å². The van der Waals surface area contributed by atoms with Crippen LogP contribution in [0.3, 0.4) is 0 Å². The van der Waals surface area contributed by atoms with Crippen LogP contribution in [0.4, 0.5) is 0 Å². The normalized spacial score (nSPS) is 9.25. The molecule has 0 radical (unpaired) electrons. The maximum atomic E-state index is 11.0. The third-order valence-corrected chi connectivity index (χ3v) is 1.72. The van der Waals surface area contributed by atoms with Crippen LogP contribution in [0.2, 0.25) is 0 Å². The van der Waals surface area contributed by atoms with Gasteiger partial charge in [-0.15, -0.1) is 10.2 Å². The van der Waals surface area contributed by atoms with Crippen molar-refractivity contribution in [2.24, 2.45) is 0 Å². The molecule has 84 valence electrons. The van der Waals surface area contributed by atoms with Gasteiger partial charge in [0.05, 0.1) is 19.8 Å². The van der Waals surface area contributed by atoms with Crippen molar-refractivity contribution < 1.29 is 14.3 Å². The van der Waals surface area contributed by atoms with Gasteiger partial charge in [-0.1, -0.05) is 0 Å². The highest BCUT2D eigenvalue weighted by Crippen LogP contribution is 2.06. The number of hydrogen-bond acceptors (Lipinski definition) is 6. The number of unbranched alkanes of at least 4 members (excludes halogenated alkanes) is 1. The number of ether oxygens (including phenoxy) is 2. The number of methoxy groups -OCH3 is 1. The van der Waals surface area contributed by atoms with E-state index in [0.29, 0.717) is 25.3 Å². The van der Waals surface area contributed by atoms with Gasteiger partial charge in [0.1, 0.15) is 0 Å². The first-order valence-electron chi connectivity index (χ1n) is 4.69. The molecule has 1 heterocycles. The van der Waals surface area contributed by atoms with E-state index in [1.165, 1.54) is 19.2 Å². The third kappa shape index (κ3) is 3.53. The van der Waals surface area contributed by atoms with Crippen molar-refractivity contribution in [2.75, 3.05) is 13.7 Å². The number of carbonyl (C=O) groups excluding carboxylic acids is 1. The standard InChI is InChI=1S/C10H11N3O3/c1-15-10(14)8-4-5-9(13-12-8)16-7-3-2-6-11/h4-5H,2-3,7H2,1H3. The Balaban J connectivity index is 2.46. The van der Waals surface area contributed by atoms with E-state index < -0.39 is 5.97 Å². The maximum absolute atomic E-state index is 11.0. The van der Waals surface area contributed by atoms with Crippen molar-refractivity contribution >= 4 is 5.97 Å². The molecule has 0 saturated heterocycles. The highest BCUT2D eigenvalue weighted by Gasteiger charge is 2.07. The quantitative estimate of drug-likeness (QED) is 0.543. The lowest BCUT2D eigenvalue weighted by molar-refractivity contribution is 0.0592. The molecule has 16 heavy (non-hydrogen) atoms. The van der Waals surface area contributed by atoms with Crippen LogP contribution in [0, 0.1) is 11.3 Å². The van der Waals surface area contributed by atoms with Crippen molar-refractivity contribution in [3.05, 3.63) is 17.8 Å². The molecule has 0 aliphatic heterocycles. The van der Waals surface area contributed by atoms with Gasteiger partial charge < -0.3 is 9.47 Å². The van der Waals surface area contributed by atoms with Crippen molar-refractivity contribution in [1.82, 2.24) is 10.2 Å². The van der Waals surface area contributed by atoms with Gasteiger partial charge in [-0.2, -0.15) is 5.26 Å². The lowest BCUT2D eigenvalue weighted by atomic mass is 10.3. The van der Waals surface area contributed by atoms with Gasteiger partial charge in [0, 0.05) is 12.5 Å². The van der Waals surface area contributed by atoms with Crippen LogP contribution in [0.25, 0.3) is 0 Å². The van der Waals surface area contributed by atoms with Gasteiger partial charge in [-0.3, -0.25) is 0 Å². The van der Waals surface area contributed by atoms with E-state index >= 15 is 0 Å². The molecule has 6 heteroatoms. The average Bonchev–Trinajstić information content (AvgIpc) is 2.34. The fraction of sp³-hybridized carbons (Fsp3) is 0.400. The summed E-state index contributed by atoms with van der Waals surface area (Å²) in [6.45, 7) is 0.403. The summed E-state index contributed by atoms with van der Waals surface area (Å²) in [5.74, 6) is -0.214. The summed E-state index contributed by atoms with van der Waals surface area (Å²) in [7, 11) is 1.27. The van der Waals surface area contributed by atoms with Crippen LogP contribution in [0.1, 0.15) is 23.3 Å². The zero-order valence-corrected chi connectivity index (χ0v) is 8.84. The summed E-state index contributed by atoms with van der Waals surface area (Å²) < 4.78 is 9.67. The minimum Gasteiger partial charge on any atom is -0.477 e. The second kappa shape index (κ2) is 6.35. The Labute approximate surface area is 92.8 Å². The highest BCUT2D eigenvalue weighted by molar-refractivity contribution is 5.86. The molecule has 0 spiro atoms. The number of aromatic nitrogens is 2. The molecule has 0 N–H and O–H groups in total. The first-order valence-corrected chi connectivity index (χ1v) is 4.69. The zero-order chi connectivity index (χ0) is 11.8. The van der Waals surface area contributed by atoms with Crippen molar-refractivity contribution in [3.63, 3.8) is 0 Å². The van der Waals surface area contributed by atoms with Crippen LogP contribution in [-0.2, 0) is 4.74 Å². The van der Waals surface area contributed by atoms with Crippen molar-refractivity contribution in [2.45, 2.75) is 12.8 Å². The van der Waals surface area contributed by atoms with Gasteiger partial charge in [0.25, 0.3) is 0 Å². The molecule has 0 amide bonds. The van der Waals surface area contributed by atoms with E-state index in [1.807, 2.05) is 6.07 Å². The average molecular weight is 221 g/mol. The summed E-state index contributed by atoms with van der Waals surface area (Å²) in [4.78, 5) is 11.0. The minimum atomic E-state index is -0.538. The molecule has 0 saturated carbocycles. The van der Waals surface area contributed by atoms with Crippen LogP contribution >= 0.6 is 0 Å². The molecule has 0 aliphatic rings. The topological polar surface area (TPSA) is 85.1 Å². The molecule has 0 atom stereocenters. The molecule has 0 aliphatic carbocycles. The lowest BCUT2D eigenvalue weighted by Gasteiger charge is -2.02. The summed E-state index contributed by atoms with van der Waals surface area (Å²) in [5.41, 5.74) is 0.131. The summed E-state index contributed by atoms with van der Waals surface area (Å²) in [6, 6.07) is 5.01. The van der Waals surface area contributed by atoms with E-state index in [9.17, 15) is 4.79 Å². The van der Waals surface area contributed by atoms with Gasteiger partial charge >= 0.3 is 5.97 Å². The molecular weight excluding hydrogens is 210 g/mol. The summed E-state index contributed by atoms with van der Waals surface area (Å²) in [6.07, 6.45) is 1.07. The van der Waals surface area contributed by atoms with E-state index in [2.05, 4.69) is 14.9 Å². The Morgan fingerprint density at radius 2 is 2.31 bits per heavy atom. The summed E-state index contributed by atoms with van der Waals surface area (Å²) in [5, 5.41) is 15.6. The SMILES string of the molecule is COC(=O)c1ccc(OCCCC#N)nn1. The molecule has 0 bridgehead atoms. The third-order valence-electron chi connectivity index (χ3n) is 1.72. The highest BCUT2D eigenvalue weighted by atomic mass is 16.5. The minimum absolute atomic E-state index is 0.131. The fourth-order valence-corrected chi connectivity index (χ4v) is 0.938. The smallest absolute Gasteiger partial charge is 0.358 e. The number of rotatable bonds is 5. The summed E-state index contributed by atoms with van der Waals surface area (Å²) >= 11 is 0. The molecule has 1 aromatic heterocycles. The molecule has 0 aromatic carbocycles. The number of carbonyl (C=O) groups is 1. The molecule has 1 rings (SSSR count). The number of esters is 1. The van der Waals surface area contributed by atoms with Gasteiger partial charge in [-0.05, 0) is 12.5 Å². The van der Waals surface area contributed by atoms with Crippen LogP contribution in [0.15, 0.2) is 12.1 Å². The predicted octanol–water partition coefficient (Wildman–Crippen LogP) is 0.946. The first kappa shape index (κ1) is 11.9. The number of nitriles is 1. The molecule has 1 aromatic rings. The molecular formula is C10H11N3O3. The zero-order valence-electron chi connectivity index (χ0n) is 8.84. The predicted molar refractivity (Wildman–Crippen MR) is 53.7 cm³/mol. The Morgan fingerprint density at radius 1 is 1.50 bits per heavy atom. The van der Waals surface area contributed by atoms with E-state index in [-0.39, 0.29) is 5.69 Å². The molecule has 6 nitrogen and oxygen atoms in total. The Hall–Kier alpha value is -2.16. The van der Waals surface area contributed by atoms with Crippen molar-refractivity contribution in [3.8, 4) is 11.9 Å². The number of hydrogen-bond donors (Lipinski definition) is 0.